The first-order valence-corrected chi connectivity index (χ1v) is 13.4. The summed E-state index contributed by atoms with van der Waals surface area (Å²) in [4.78, 5) is 38.9. The smallest absolute Gasteiger partial charge is 0.306 e. The number of hydrogen-bond acceptors (Lipinski definition) is 4. The van der Waals surface area contributed by atoms with Crippen LogP contribution in [0.3, 0.4) is 0 Å². The summed E-state index contributed by atoms with van der Waals surface area (Å²) in [6.07, 6.45) is 7.03. The van der Waals surface area contributed by atoms with Crippen LogP contribution in [0.2, 0.25) is 5.02 Å². The van der Waals surface area contributed by atoms with Crippen LogP contribution in [-0.4, -0.2) is 57.2 Å². The molecular formula is C27H35ClN4O4. The molecule has 0 spiro atoms. The first kappa shape index (κ1) is 26.2. The molecule has 9 heteroatoms. The Bertz CT molecular complexity index is 1080. The minimum atomic E-state index is -0.729. The molecule has 1 aliphatic heterocycles. The summed E-state index contributed by atoms with van der Waals surface area (Å²) in [6.45, 7) is 3.14. The molecule has 2 heterocycles. The first-order chi connectivity index (χ1) is 17.4. The monoisotopic (exact) mass is 514 g/mol. The average molecular weight is 515 g/mol. The standard InChI is InChI=1S/C27H35ClN4O4/c1-2-3-4-5-22-16-31(17-25(33)29-15-18-6-8-20(9-7-18)27(35)36)26(34)24-14-23(30-32(22)24)19-10-12-21(28)13-11-19/h10-14,18,20,22H,2-9,15-17H2,1H3,(H,29,33)(H,35,36). The van der Waals surface area contributed by atoms with Gasteiger partial charge in [-0.2, -0.15) is 5.10 Å². The fourth-order valence-corrected chi connectivity index (χ4v) is 5.38. The molecule has 2 amide bonds. The number of aromatic nitrogens is 2. The number of amides is 2. The Morgan fingerprint density at radius 3 is 2.53 bits per heavy atom. The zero-order valence-electron chi connectivity index (χ0n) is 20.8. The third-order valence-electron chi connectivity index (χ3n) is 7.42. The molecule has 2 aliphatic rings. The van der Waals surface area contributed by atoms with Crippen LogP contribution in [0.15, 0.2) is 30.3 Å². The van der Waals surface area contributed by atoms with E-state index in [4.69, 9.17) is 21.8 Å². The SMILES string of the molecule is CCCCCC1CN(CC(=O)NCC2CCC(C(=O)O)CC2)C(=O)c2cc(-c3ccc(Cl)cc3)nn21. The minimum absolute atomic E-state index is 0.00897. The van der Waals surface area contributed by atoms with Crippen LogP contribution < -0.4 is 5.32 Å². The number of rotatable bonds is 10. The number of carboxylic acid groups (broad SMARTS) is 1. The number of fused-ring (bicyclic) bond motifs is 1. The van der Waals surface area contributed by atoms with Gasteiger partial charge in [0.15, 0.2) is 0 Å². The van der Waals surface area contributed by atoms with E-state index in [0.717, 1.165) is 49.8 Å². The molecular weight excluding hydrogens is 480 g/mol. The van der Waals surface area contributed by atoms with Crippen LogP contribution in [0.25, 0.3) is 11.3 Å². The third-order valence-corrected chi connectivity index (χ3v) is 7.67. The Labute approximate surface area is 217 Å². The molecule has 2 N–H and O–H groups in total. The highest BCUT2D eigenvalue weighted by Crippen LogP contribution is 2.30. The van der Waals surface area contributed by atoms with Crippen molar-refractivity contribution in [3.8, 4) is 11.3 Å². The molecule has 1 atom stereocenters. The van der Waals surface area contributed by atoms with Crippen molar-refractivity contribution in [2.75, 3.05) is 19.6 Å². The second-order valence-corrected chi connectivity index (χ2v) is 10.5. The van der Waals surface area contributed by atoms with Gasteiger partial charge in [0.25, 0.3) is 5.91 Å². The number of nitrogens with one attached hydrogen (secondary N) is 1. The lowest BCUT2D eigenvalue weighted by Gasteiger charge is -2.33. The molecule has 8 nitrogen and oxygen atoms in total. The number of hydrogen-bond donors (Lipinski definition) is 2. The lowest BCUT2D eigenvalue weighted by molar-refractivity contribution is -0.143. The fourth-order valence-electron chi connectivity index (χ4n) is 5.25. The highest BCUT2D eigenvalue weighted by molar-refractivity contribution is 6.30. The average Bonchev–Trinajstić information content (AvgIpc) is 3.32. The van der Waals surface area contributed by atoms with Gasteiger partial charge in [0.05, 0.1) is 24.2 Å². The maximum atomic E-state index is 13.3. The summed E-state index contributed by atoms with van der Waals surface area (Å²) in [5.41, 5.74) is 2.12. The van der Waals surface area contributed by atoms with Crippen molar-refractivity contribution in [3.05, 3.63) is 41.0 Å². The molecule has 1 unspecified atom stereocenters. The van der Waals surface area contributed by atoms with Crippen LogP contribution in [0.5, 0.6) is 0 Å². The van der Waals surface area contributed by atoms with E-state index in [2.05, 4.69) is 12.2 Å². The van der Waals surface area contributed by atoms with Crippen LogP contribution >= 0.6 is 11.6 Å². The van der Waals surface area contributed by atoms with E-state index in [-0.39, 0.29) is 36.2 Å². The Hall–Kier alpha value is -2.87. The zero-order valence-corrected chi connectivity index (χ0v) is 21.5. The van der Waals surface area contributed by atoms with Crippen LogP contribution in [-0.2, 0) is 9.59 Å². The predicted octanol–water partition coefficient (Wildman–Crippen LogP) is 4.79. The number of aliphatic carboxylic acids is 1. The molecule has 1 fully saturated rings. The van der Waals surface area contributed by atoms with E-state index in [0.29, 0.717) is 36.6 Å². The van der Waals surface area contributed by atoms with Gasteiger partial charge >= 0.3 is 5.97 Å². The van der Waals surface area contributed by atoms with Crippen molar-refractivity contribution in [2.45, 2.75) is 64.3 Å². The summed E-state index contributed by atoms with van der Waals surface area (Å²) < 4.78 is 1.84. The van der Waals surface area contributed by atoms with E-state index >= 15 is 0 Å². The molecule has 1 aliphatic carbocycles. The molecule has 0 radical (unpaired) electrons. The number of carbonyl (C=O) groups excluding carboxylic acids is 2. The topological polar surface area (TPSA) is 105 Å². The number of nitrogens with zero attached hydrogens (tertiary/aromatic N) is 3. The quantitative estimate of drug-likeness (QED) is 0.444. The van der Waals surface area contributed by atoms with Gasteiger partial charge in [-0.3, -0.25) is 19.1 Å². The van der Waals surface area contributed by atoms with Gasteiger partial charge in [-0.1, -0.05) is 49.9 Å². The van der Waals surface area contributed by atoms with Gasteiger partial charge in [-0.15, -0.1) is 0 Å². The number of halogens is 1. The van der Waals surface area contributed by atoms with E-state index in [9.17, 15) is 14.4 Å². The number of benzene rings is 1. The normalized spacial score (nSPS) is 21.8. The summed E-state index contributed by atoms with van der Waals surface area (Å²) in [5.74, 6) is -1.08. The van der Waals surface area contributed by atoms with Crippen molar-refractivity contribution in [1.29, 1.82) is 0 Å². The molecule has 4 rings (SSSR count). The number of carboxylic acids is 1. The van der Waals surface area contributed by atoms with Crippen LogP contribution in [0.4, 0.5) is 0 Å². The van der Waals surface area contributed by atoms with Gasteiger partial charge in [-0.05, 0) is 56.2 Å². The number of carbonyl (C=O) groups is 3. The summed E-state index contributed by atoms with van der Waals surface area (Å²) >= 11 is 6.03. The Morgan fingerprint density at radius 1 is 1.14 bits per heavy atom. The molecule has 36 heavy (non-hydrogen) atoms. The van der Waals surface area contributed by atoms with Gasteiger partial charge in [0.2, 0.25) is 5.91 Å². The maximum Gasteiger partial charge on any atom is 0.306 e. The van der Waals surface area contributed by atoms with Gasteiger partial charge in [-0.25, -0.2) is 0 Å². The van der Waals surface area contributed by atoms with Crippen molar-refractivity contribution >= 4 is 29.4 Å². The molecule has 1 aromatic heterocycles. The molecule has 0 bridgehead atoms. The molecule has 2 aromatic rings. The van der Waals surface area contributed by atoms with Crippen LogP contribution in [0, 0.1) is 11.8 Å². The lowest BCUT2D eigenvalue weighted by atomic mass is 9.82. The van der Waals surface area contributed by atoms with Crippen molar-refractivity contribution in [2.24, 2.45) is 11.8 Å². The summed E-state index contributed by atoms with van der Waals surface area (Å²) in [6, 6.07) is 9.22. The van der Waals surface area contributed by atoms with E-state index < -0.39 is 5.97 Å². The minimum Gasteiger partial charge on any atom is -0.481 e. The first-order valence-electron chi connectivity index (χ1n) is 13.0. The Balaban J connectivity index is 1.41. The van der Waals surface area contributed by atoms with E-state index in [1.807, 2.05) is 22.9 Å². The van der Waals surface area contributed by atoms with Gasteiger partial charge in [0.1, 0.15) is 5.69 Å². The molecule has 0 saturated heterocycles. The maximum absolute atomic E-state index is 13.3. The second kappa shape index (κ2) is 11.9. The van der Waals surface area contributed by atoms with Gasteiger partial charge in [0, 0.05) is 23.7 Å². The Morgan fingerprint density at radius 2 is 1.86 bits per heavy atom. The second-order valence-electron chi connectivity index (χ2n) is 10.1. The largest absolute Gasteiger partial charge is 0.481 e. The fraction of sp³-hybridized carbons (Fsp3) is 0.556. The summed E-state index contributed by atoms with van der Waals surface area (Å²) in [5, 5.41) is 17.6. The molecule has 1 saturated carbocycles. The van der Waals surface area contributed by atoms with Crippen molar-refractivity contribution < 1.29 is 19.5 Å². The van der Waals surface area contributed by atoms with Crippen molar-refractivity contribution in [1.82, 2.24) is 20.0 Å². The number of unbranched alkanes of at least 4 members (excludes halogenated alkanes) is 2. The van der Waals surface area contributed by atoms with Gasteiger partial charge < -0.3 is 15.3 Å². The molecule has 1 aromatic carbocycles. The van der Waals surface area contributed by atoms with Crippen molar-refractivity contribution in [3.63, 3.8) is 0 Å². The van der Waals surface area contributed by atoms with E-state index in [1.54, 1.807) is 17.0 Å². The summed E-state index contributed by atoms with van der Waals surface area (Å²) in [7, 11) is 0. The van der Waals surface area contributed by atoms with E-state index in [1.165, 1.54) is 0 Å². The predicted molar refractivity (Wildman–Crippen MR) is 138 cm³/mol. The Kier molecular flexibility index (Phi) is 8.67. The van der Waals surface area contributed by atoms with Crippen LogP contribution in [0.1, 0.15) is 74.8 Å². The molecule has 194 valence electrons. The highest BCUT2D eigenvalue weighted by atomic mass is 35.5. The lowest BCUT2D eigenvalue weighted by Crippen LogP contribution is -2.48. The zero-order chi connectivity index (χ0) is 25.7. The third kappa shape index (κ3) is 6.27. The highest BCUT2D eigenvalue weighted by Gasteiger charge is 2.34.